The minimum atomic E-state index is -0.929. The fourth-order valence-electron chi connectivity index (χ4n) is 3.01. The number of aliphatic imine (C=N–C) groups is 1. The number of hydrogen-bond acceptors (Lipinski definition) is 4. The first-order valence-corrected chi connectivity index (χ1v) is 6.93. The Balaban J connectivity index is 2.26. The van der Waals surface area contributed by atoms with Crippen molar-refractivity contribution in [3.05, 3.63) is 22.5 Å². The molecule has 20 heavy (non-hydrogen) atoms. The molecule has 0 spiro atoms. The minimum Gasteiger partial charge on any atom is -0.486 e. The Hall–Kier alpha value is -1.58. The maximum Gasteiger partial charge on any atom is 0.235 e. The van der Waals surface area contributed by atoms with Gasteiger partial charge in [-0.3, -0.25) is 0 Å². The first kappa shape index (κ1) is 13.4. The van der Waals surface area contributed by atoms with Crippen LogP contribution in [0.4, 0.5) is 4.39 Å². The van der Waals surface area contributed by atoms with E-state index in [-0.39, 0.29) is 10.6 Å². The summed E-state index contributed by atoms with van der Waals surface area (Å²) in [6.45, 7) is 0.723. The first-order valence-electron chi connectivity index (χ1n) is 6.55. The molecule has 0 bridgehead atoms. The van der Waals surface area contributed by atoms with Gasteiger partial charge in [0.25, 0.3) is 0 Å². The molecule has 3 rings (SSSR count). The number of nitrogens with zero attached hydrogens (tertiary/aromatic N) is 1. The highest BCUT2D eigenvalue weighted by molar-refractivity contribution is 6.31. The summed E-state index contributed by atoms with van der Waals surface area (Å²) in [5.41, 5.74) is -0.692. The molecule has 1 fully saturated rings. The molecule has 1 heterocycles. The van der Waals surface area contributed by atoms with Crippen molar-refractivity contribution < 1.29 is 18.7 Å². The lowest BCUT2D eigenvalue weighted by atomic mass is 9.87. The molecule has 1 saturated carbocycles. The van der Waals surface area contributed by atoms with Crippen LogP contribution < -0.4 is 9.47 Å². The molecule has 6 heteroatoms. The zero-order valence-electron chi connectivity index (χ0n) is 10.7. The van der Waals surface area contributed by atoms with Crippen LogP contribution in [-0.2, 0) is 10.3 Å². The van der Waals surface area contributed by atoms with Crippen LogP contribution in [0.15, 0.2) is 11.1 Å². The van der Waals surface area contributed by atoms with Gasteiger partial charge in [-0.05, 0) is 12.8 Å². The number of ether oxygens (including phenoxy) is 2. The molecule has 0 aromatic heterocycles. The lowest BCUT2D eigenvalue weighted by Gasteiger charge is -2.29. The zero-order chi connectivity index (χ0) is 14.2. The van der Waals surface area contributed by atoms with Crippen molar-refractivity contribution in [3.8, 4) is 11.5 Å². The number of rotatable bonds is 2. The molecule has 0 saturated heterocycles. The normalized spacial score (nSPS) is 19.5. The molecule has 0 atom stereocenters. The van der Waals surface area contributed by atoms with Crippen LogP contribution in [0.5, 0.6) is 11.5 Å². The maximum atomic E-state index is 14.6. The monoisotopic (exact) mass is 297 g/mol. The smallest absolute Gasteiger partial charge is 0.235 e. The van der Waals surface area contributed by atoms with E-state index in [4.69, 9.17) is 21.1 Å². The molecule has 1 aromatic rings. The highest BCUT2D eigenvalue weighted by atomic mass is 35.5. The number of carbonyl (C=O) groups excluding carboxylic acids is 1. The lowest BCUT2D eigenvalue weighted by Crippen LogP contribution is -2.25. The Morgan fingerprint density at radius 3 is 2.70 bits per heavy atom. The third-order valence-corrected chi connectivity index (χ3v) is 4.16. The number of isocyanates is 1. The van der Waals surface area contributed by atoms with Crippen molar-refractivity contribution in [3.63, 3.8) is 0 Å². The number of halogens is 2. The lowest BCUT2D eigenvalue weighted by molar-refractivity contribution is 0.165. The Kier molecular flexibility index (Phi) is 3.40. The molecule has 1 aliphatic heterocycles. The summed E-state index contributed by atoms with van der Waals surface area (Å²) in [6.07, 6.45) is 4.46. The van der Waals surface area contributed by atoms with Gasteiger partial charge in [0.05, 0.1) is 10.6 Å². The molecule has 0 amide bonds. The van der Waals surface area contributed by atoms with Crippen molar-refractivity contribution in [1.82, 2.24) is 0 Å². The second-order valence-corrected chi connectivity index (χ2v) is 5.42. The van der Waals surface area contributed by atoms with Crippen molar-refractivity contribution in [2.45, 2.75) is 31.2 Å². The Morgan fingerprint density at radius 2 is 2.00 bits per heavy atom. The van der Waals surface area contributed by atoms with E-state index < -0.39 is 11.4 Å². The zero-order valence-corrected chi connectivity index (χ0v) is 11.5. The number of benzene rings is 1. The predicted molar refractivity (Wildman–Crippen MR) is 70.7 cm³/mol. The van der Waals surface area contributed by atoms with Gasteiger partial charge in [0.15, 0.2) is 17.3 Å². The summed E-state index contributed by atoms with van der Waals surface area (Å²) in [5, 5.41) is -0.0448. The van der Waals surface area contributed by atoms with Crippen LogP contribution in [0.2, 0.25) is 5.02 Å². The molecule has 2 aliphatic rings. The second kappa shape index (κ2) is 5.08. The summed E-state index contributed by atoms with van der Waals surface area (Å²) in [5.74, 6) is 0.140. The molecular formula is C14H13ClFNO3. The van der Waals surface area contributed by atoms with Gasteiger partial charge < -0.3 is 9.47 Å². The Morgan fingerprint density at radius 1 is 1.30 bits per heavy atom. The molecule has 0 N–H and O–H groups in total. The third-order valence-electron chi connectivity index (χ3n) is 3.88. The van der Waals surface area contributed by atoms with Crippen LogP contribution in [0.3, 0.4) is 0 Å². The number of hydrogen-bond donors (Lipinski definition) is 0. The largest absolute Gasteiger partial charge is 0.486 e. The van der Waals surface area contributed by atoms with E-state index in [0.717, 1.165) is 12.8 Å². The minimum absolute atomic E-state index is 0.0448. The summed E-state index contributed by atoms with van der Waals surface area (Å²) in [7, 11) is 0. The second-order valence-electron chi connectivity index (χ2n) is 5.01. The molecule has 0 radical (unpaired) electrons. The van der Waals surface area contributed by atoms with Crippen LogP contribution in [-0.4, -0.2) is 19.3 Å². The van der Waals surface area contributed by atoms with Crippen LogP contribution in [0.25, 0.3) is 0 Å². The summed E-state index contributed by atoms with van der Waals surface area (Å²) in [4.78, 5) is 14.7. The predicted octanol–water partition coefficient (Wildman–Crippen LogP) is 3.36. The van der Waals surface area contributed by atoms with E-state index in [1.807, 2.05) is 0 Å². The van der Waals surface area contributed by atoms with Gasteiger partial charge in [0.2, 0.25) is 6.08 Å². The Labute approximate surface area is 120 Å². The van der Waals surface area contributed by atoms with Gasteiger partial charge >= 0.3 is 0 Å². The average Bonchev–Trinajstić information content (AvgIpc) is 2.90. The van der Waals surface area contributed by atoms with Gasteiger partial charge in [0, 0.05) is 6.07 Å². The highest BCUT2D eigenvalue weighted by Crippen LogP contribution is 2.51. The molecule has 106 valence electrons. The molecule has 1 aliphatic carbocycles. The van der Waals surface area contributed by atoms with E-state index >= 15 is 0 Å². The average molecular weight is 298 g/mol. The number of fused-ring (bicyclic) bond motifs is 1. The fourth-order valence-corrected chi connectivity index (χ4v) is 3.21. The van der Waals surface area contributed by atoms with Crippen LogP contribution >= 0.6 is 11.6 Å². The molecule has 0 unspecified atom stereocenters. The summed E-state index contributed by atoms with van der Waals surface area (Å²) >= 11 is 5.94. The van der Waals surface area contributed by atoms with Crippen molar-refractivity contribution in [2.24, 2.45) is 4.99 Å². The summed E-state index contributed by atoms with van der Waals surface area (Å²) in [6, 6.07) is 1.40. The Bertz CT molecular complexity index is 593. The van der Waals surface area contributed by atoms with Crippen LogP contribution in [0.1, 0.15) is 31.2 Å². The topological polar surface area (TPSA) is 47.9 Å². The first-order chi connectivity index (χ1) is 9.68. The third kappa shape index (κ3) is 1.98. The SMILES string of the molecule is O=C=NC1(c2c(F)c(Cl)cc3c2OCCO3)CCCC1. The van der Waals surface area contributed by atoms with Gasteiger partial charge in [-0.15, -0.1) is 0 Å². The van der Waals surface area contributed by atoms with E-state index in [1.54, 1.807) is 6.08 Å². The molecule has 4 nitrogen and oxygen atoms in total. The summed E-state index contributed by atoms with van der Waals surface area (Å²) < 4.78 is 25.6. The van der Waals surface area contributed by atoms with E-state index in [9.17, 15) is 9.18 Å². The standard InChI is InChI=1S/C14H13ClFNO3/c15-9-7-10-13(20-6-5-19-10)11(12(9)16)14(17-8-18)3-1-2-4-14/h7H,1-6H2. The van der Waals surface area contributed by atoms with Crippen LogP contribution in [0, 0.1) is 5.82 Å². The van der Waals surface area contributed by atoms with Crippen molar-refractivity contribution in [1.29, 1.82) is 0 Å². The maximum absolute atomic E-state index is 14.6. The fraction of sp³-hybridized carbons (Fsp3) is 0.500. The van der Waals surface area contributed by atoms with E-state index in [2.05, 4.69) is 4.99 Å². The van der Waals surface area contributed by atoms with E-state index in [0.29, 0.717) is 37.6 Å². The van der Waals surface area contributed by atoms with Crippen molar-refractivity contribution in [2.75, 3.05) is 13.2 Å². The van der Waals surface area contributed by atoms with E-state index in [1.165, 1.54) is 6.07 Å². The molecular weight excluding hydrogens is 285 g/mol. The van der Waals surface area contributed by atoms with Gasteiger partial charge in [-0.2, -0.15) is 4.99 Å². The van der Waals surface area contributed by atoms with Gasteiger partial charge in [-0.25, -0.2) is 9.18 Å². The highest BCUT2D eigenvalue weighted by Gasteiger charge is 2.43. The van der Waals surface area contributed by atoms with Crippen molar-refractivity contribution >= 4 is 17.7 Å². The molecule has 1 aromatic carbocycles. The van der Waals surface area contributed by atoms with Gasteiger partial charge in [0.1, 0.15) is 18.8 Å². The quantitative estimate of drug-likeness (QED) is 0.621. The van der Waals surface area contributed by atoms with Gasteiger partial charge in [-0.1, -0.05) is 24.4 Å².